The van der Waals surface area contributed by atoms with Gasteiger partial charge in [0.2, 0.25) is 0 Å². The van der Waals surface area contributed by atoms with Crippen LogP contribution in [-0.2, 0) is 6.42 Å². The molecule has 4 heteroatoms. The number of anilines is 2. The lowest BCUT2D eigenvalue weighted by molar-refractivity contribution is 0.514. The fourth-order valence-corrected chi connectivity index (χ4v) is 2.42. The predicted molar refractivity (Wildman–Crippen MR) is 82.8 cm³/mol. The molecule has 4 nitrogen and oxygen atoms in total. The molecule has 0 heterocycles. The van der Waals surface area contributed by atoms with E-state index in [1.807, 2.05) is 18.2 Å². The summed E-state index contributed by atoms with van der Waals surface area (Å²) in [5.41, 5.74) is 6.06. The van der Waals surface area contributed by atoms with Crippen molar-refractivity contribution in [3.05, 3.63) is 56.3 Å². The Bertz CT molecular complexity index is 640. The molecule has 0 radical (unpaired) electrons. The van der Waals surface area contributed by atoms with Crippen LogP contribution in [0.2, 0.25) is 0 Å². The van der Waals surface area contributed by atoms with Crippen LogP contribution in [0.25, 0.3) is 0 Å². The SMILES string of the molecule is CC(C)CC(Cc1ccccc1)Nc1c(N)c(=O)c1=O. The summed E-state index contributed by atoms with van der Waals surface area (Å²) in [6, 6.07) is 10.2. The maximum absolute atomic E-state index is 11.5. The minimum atomic E-state index is -0.574. The number of nitrogen functional groups attached to an aromatic ring is 1. The number of benzene rings is 1. The predicted octanol–water partition coefficient (Wildman–Crippen LogP) is 1.93. The van der Waals surface area contributed by atoms with Crippen molar-refractivity contribution in [3.63, 3.8) is 0 Å². The van der Waals surface area contributed by atoms with Crippen LogP contribution >= 0.6 is 0 Å². The van der Waals surface area contributed by atoms with Gasteiger partial charge in [0, 0.05) is 6.04 Å². The van der Waals surface area contributed by atoms with Crippen LogP contribution in [0, 0.1) is 5.92 Å². The van der Waals surface area contributed by atoms with E-state index in [9.17, 15) is 9.59 Å². The van der Waals surface area contributed by atoms with Gasteiger partial charge in [-0.2, -0.15) is 0 Å². The molecular weight excluding hydrogens is 252 g/mol. The average Bonchev–Trinajstić information content (AvgIpc) is 2.43. The fraction of sp³-hybridized carbons (Fsp3) is 0.375. The second kappa shape index (κ2) is 5.90. The lowest BCUT2D eigenvalue weighted by atomic mass is 9.96. The molecule has 2 aromatic carbocycles. The molecule has 2 aromatic rings. The smallest absolute Gasteiger partial charge is 0.253 e. The molecule has 0 bridgehead atoms. The van der Waals surface area contributed by atoms with Crippen LogP contribution in [0.15, 0.2) is 39.9 Å². The minimum Gasteiger partial charge on any atom is -0.394 e. The van der Waals surface area contributed by atoms with Gasteiger partial charge in [-0.3, -0.25) is 9.59 Å². The molecule has 0 aliphatic heterocycles. The minimum absolute atomic E-state index is 0.0665. The van der Waals surface area contributed by atoms with Gasteiger partial charge >= 0.3 is 0 Å². The normalized spacial score (nSPS) is 12.8. The molecular formula is C16H20N2O2. The van der Waals surface area contributed by atoms with Gasteiger partial charge in [-0.05, 0) is 24.3 Å². The van der Waals surface area contributed by atoms with Gasteiger partial charge in [0.15, 0.2) is 0 Å². The van der Waals surface area contributed by atoms with Crippen molar-refractivity contribution in [2.24, 2.45) is 5.92 Å². The molecule has 3 N–H and O–H groups in total. The van der Waals surface area contributed by atoms with Crippen molar-refractivity contribution >= 4 is 11.4 Å². The first-order valence-electron chi connectivity index (χ1n) is 6.88. The van der Waals surface area contributed by atoms with Crippen LogP contribution < -0.4 is 21.9 Å². The van der Waals surface area contributed by atoms with Crippen molar-refractivity contribution in [1.29, 1.82) is 0 Å². The molecule has 20 heavy (non-hydrogen) atoms. The van der Waals surface area contributed by atoms with Gasteiger partial charge in [-0.1, -0.05) is 44.2 Å². The van der Waals surface area contributed by atoms with Crippen LogP contribution in [0.1, 0.15) is 25.8 Å². The van der Waals surface area contributed by atoms with Crippen molar-refractivity contribution < 1.29 is 0 Å². The molecule has 0 aliphatic rings. The summed E-state index contributed by atoms with van der Waals surface area (Å²) in [5.74, 6) is 0.490. The molecule has 0 aromatic heterocycles. The molecule has 0 spiro atoms. The number of rotatable bonds is 6. The molecule has 0 saturated heterocycles. The molecule has 0 aliphatic carbocycles. The third kappa shape index (κ3) is 3.07. The van der Waals surface area contributed by atoms with Crippen LogP contribution in [-0.4, -0.2) is 6.04 Å². The zero-order valence-electron chi connectivity index (χ0n) is 11.8. The molecule has 0 amide bonds. The lowest BCUT2D eigenvalue weighted by Gasteiger charge is -2.23. The summed E-state index contributed by atoms with van der Waals surface area (Å²) in [5, 5.41) is 3.15. The Balaban J connectivity index is 2.12. The van der Waals surface area contributed by atoms with E-state index in [-0.39, 0.29) is 17.4 Å². The number of nitrogens with two attached hydrogens (primary N) is 1. The summed E-state index contributed by atoms with van der Waals surface area (Å²) in [4.78, 5) is 22.7. The summed E-state index contributed by atoms with van der Waals surface area (Å²) in [7, 11) is 0. The van der Waals surface area contributed by atoms with Gasteiger partial charge in [-0.25, -0.2) is 0 Å². The van der Waals surface area contributed by atoms with Gasteiger partial charge in [0.1, 0.15) is 11.4 Å². The Kier molecular flexibility index (Phi) is 4.23. The van der Waals surface area contributed by atoms with E-state index >= 15 is 0 Å². The average molecular weight is 272 g/mol. The summed E-state index contributed by atoms with van der Waals surface area (Å²) < 4.78 is 0. The van der Waals surface area contributed by atoms with E-state index < -0.39 is 10.9 Å². The Morgan fingerprint density at radius 2 is 1.75 bits per heavy atom. The van der Waals surface area contributed by atoms with Crippen LogP contribution in [0.4, 0.5) is 11.4 Å². The number of hydrogen-bond acceptors (Lipinski definition) is 4. The highest BCUT2D eigenvalue weighted by Crippen LogP contribution is 2.18. The van der Waals surface area contributed by atoms with Crippen molar-refractivity contribution in [1.82, 2.24) is 0 Å². The first-order chi connectivity index (χ1) is 9.49. The topological polar surface area (TPSA) is 72.2 Å². The largest absolute Gasteiger partial charge is 0.394 e. The Hall–Kier alpha value is -2.10. The van der Waals surface area contributed by atoms with Gasteiger partial charge in [0.25, 0.3) is 10.9 Å². The van der Waals surface area contributed by atoms with Crippen molar-refractivity contribution in [3.8, 4) is 0 Å². The maximum atomic E-state index is 11.5. The monoisotopic (exact) mass is 272 g/mol. The highest BCUT2D eigenvalue weighted by atomic mass is 16.2. The first kappa shape index (κ1) is 14.3. The summed E-state index contributed by atoms with van der Waals surface area (Å²) in [6.45, 7) is 4.26. The van der Waals surface area contributed by atoms with E-state index in [0.29, 0.717) is 5.92 Å². The first-order valence-corrected chi connectivity index (χ1v) is 6.88. The summed E-state index contributed by atoms with van der Waals surface area (Å²) in [6.07, 6.45) is 1.71. The molecule has 0 saturated carbocycles. The number of nitrogens with one attached hydrogen (secondary N) is 1. The van der Waals surface area contributed by atoms with Crippen molar-refractivity contribution in [2.75, 3.05) is 11.1 Å². The van der Waals surface area contributed by atoms with E-state index in [2.05, 4.69) is 31.3 Å². The maximum Gasteiger partial charge on any atom is 0.253 e. The molecule has 1 unspecified atom stereocenters. The van der Waals surface area contributed by atoms with E-state index in [0.717, 1.165) is 12.8 Å². The van der Waals surface area contributed by atoms with Crippen LogP contribution in [0.5, 0.6) is 0 Å². The zero-order chi connectivity index (χ0) is 14.7. The fourth-order valence-electron chi connectivity index (χ4n) is 2.42. The van der Waals surface area contributed by atoms with Crippen LogP contribution in [0.3, 0.4) is 0 Å². The van der Waals surface area contributed by atoms with E-state index in [1.165, 1.54) is 5.56 Å². The van der Waals surface area contributed by atoms with Gasteiger partial charge in [0.05, 0.1) is 0 Å². The van der Waals surface area contributed by atoms with E-state index in [4.69, 9.17) is 5.73 Å². The molecule has 2 rings (SSSR count). The van der Waals surface area contributed by atoms with Gasteiger partial charge in [-0.15, -0.1) is 0 Å². The quantitative estimate of drug-likeness (QED) is 0.788. The zero-order valence-corrected chi connectivity index (χ0v) is 11.8. The summed E-state index contributed by atoms with van der Waals surface area (Å²) >= 11 is 0. The molecule has 1 atom stereocenters. The van der Waals surface area contributed by atoms with E-state index in [1.54, 1.807) is 0 Å². The second-order valence-corrected chi connectivity index (χ2v) is 5.61. The third-order valence-electron chi connectivity index (χ3n) is 3.38. The standard InChI is InChI=1S/C16H20N2O2/c1-10(2)8-12(9-11-6-4-3-5-7-11)18-14-13(17)15(19)16(14)20/h3-7,10,12,18H,8-9,17H2,1-2H3. The third-order valence-corrected chi connectivity index (χ3v) is 3.38. The molecule has 106 valence electrons. The number of hydrogen-bond donors (Lipinski definition) is 2. The lowest BCUT2D eigenvalue weighted by Crippen LogP contribution is -2.40. The highest BCUT2D eigenvalue weighted by molar-refractivity contribution is 5.71. The Morgan fingerprint density at radius 1 is 1.10 bits per heavy atom. The highest BCUT2D eigenvalue weighted by Gasteiger charge is 2.21. The Morgan fingerprint density at radius 3 is 2.30 bits per heavy atom. The molecule has 0 fully saturated rings. The van der Waals surface area contributed by atoms with Crippen molar-refractivity contribution in [2.45, 2.75) is 32.7 Å². The second-order valence-electron chi connectivity index (χ2n) is 5.61. The Labute approximate surface area is 118 Å². The van der Waals surface area contributed by atoms with Gasteiger partial charge < -0.3 is 11.1 Å².